The minimum absolute atomic E-state index is 0.526. The lowest BCUT2D eigenvalue weighted by molar-refractivity contribution is 0.0251. The van der Waals surface area contributed by atoms with Crippen molar-refractivity contribution in [3.63, 3.8) is 0 Å². The molecule has 114 valence electrons. The summed E-state index contributed by atoms with van der Waals surface area (Å²) in [5.41, 5.74) is 0.526. The second-order valence-corrected chi connectivity index (χ2v) is 6.81. The molecule has 1 heteroatoms. The van der Waals surface area contributed by atoms with Crippen LogP contribution in [0, 0.1) is 0 Å². The maximum Gasteiger partial charge on any atom is 0.0181 e. The van der Waals surface area contributed by atoms with Crippen molar-refractivity contribution in [2.45, 2.75) is 103 Å². The SMILES string of the molecule is CCCCCCCC(C)(CCCCCC)N1CCC1. The van der Waals surface area contributed by atoms with Gasteiger partial charge in [0, 0.05) is 5.54 Å². The lowest BCUT2D eigenvalue weighted by Crippen LogP contribution is -2.53. The van der Waals surface area contributed by atoms with Gasteiger partial charge in [0.25, 0.3) is 0 Å². The summed E-state index contributed by atoms with van der Waals surface area (Å²) in [7, 11) is 0. The molecule has 1 unspecified atom stereocenters. The van der Waals surface area contributed by atoms with Crippen LogP contribution in [0.2, 0.25) is 0 Å². The predicted molar refractivity (Wildman–Crippen MR) is 86.7 cm³/mol. The van der Waals surface area contributed by atoms with Crippen molar-refractivity contribution < 1.29 is 0 Å². The van der Waals surface area contributed by atoms with Crippen molar-refractivity contribution in [1.29, 1.82) is 0 Å². The van der Waals surface area contributed by atoms with Gasteiger partial charge in [-0.15, -0.1) is 0 Å². The highest BCUT2D eigenvalue weighted by molar-refractivity contribution is 4.90. The molecule has 0 N–H and O–H groups in total. The Labute approximate surface area is 122 Å². The monoisotopic (exact) mass is 267 g/mol. The fourth-order valence-electron chi connectivity index (χ4n) is 3.34. The van der Waals surface area contributed by atoms with E-state index in [-0.39, 0.29) is 0 Å². The van der Waals surface area contributed by atoms with Crippen molar-refractivity contribution >= 4 is 0 Å². The number of unbranched alkanes of at least 4 members (excludes halogenated alkanes) is 7. The summed E-state index contributed by atoms with van der Waals surface area (Å²) in [4.78, 5) is 2.76. The summed E-state index contributed by atoms with van der Waals surface area (Å²) >= 11 is 0. The van der Waals surface area contributed by atoms with Crippen LogP contribution < -0.4 is 0 Å². The molecule has 19 heavy (non-hydrogen) atoms. The van der Waals surface area contributed by atoms with E-state index in [1.165, 1.54) is 90.1 Å². The van der Waals surface area contributed by atoms with Gasteiger partial charge in [-0.2, -0.15) is 0 Å². The Hall–Kier alpha value is -0.0400. The second kappa shape index (κ2) is 9.80. The third-order valence-corrected chi connectivity index (χ3v) is 5.01. The molecule has 0 aliphatic carbocycles. The highest BCUT2D eigenvalue weighted by Gasteiger charge is 2.33. The first kappa shape index (κ1) is 17.0. The van der Waals surface area contributed by atoms with Crippen LogP contribution in [0.5, 0.6) is 0 Å². The first-order valence-corrected chi connectivity index (χ1v) is 8.98. The minimum atomic E-state index is 0.526. The van der Waals surface area contributed by atoms with E-state index in [2.05, 4.69) is 25.7 Å². The fraction of sp³-hybridized carbons (Fsp3) is 1.00. The Balaban J connectivity index is 2.24. The maximum absolute atomic E-state index is 2.76. The zero-order chi connectivity index (χ0) is 14.0. The molecule has 0 radical (unpaired) electrons. The molecular formula is C18H37N. The molecule has 0 spiro atoms. The maximum atomic E-state index is 2.76. The molecule has 1 nitrogen and oxygen atoms in total. The van der Waals surface area contributed by atoms with Gasteiger partial charge in [-0.1, -0.05) is 71.6 Å². The highest BCUT2D eigenvalue weighted by Crippen LogP contribution is 2.32. The highest BCUT2D eigenvalue weighted by atomic mass is 15.2. The first-order valence-electron chi connectivity index (χ1n) is 8.98. The van der Waals surface area contributed by atoms with E-state index in [0.717, 1.165) is 0 Å². The first-order chi connectivity index (χ1) is 9.23. The van der Waals surface area contributed by atoms with Crippen molar-refractivity contribution in [3.8, 4) is 0 Å². The van der Waals surface area contributed by atoms with Gasteiger partial charge in [-0.25, -0.2) is 0 Å². The molecule has 1 atom stereocenters. The van der Waals surface area contributed by atoms with Crippen LogP contribution in [-0.2, 0) is 0 Å². The van der Waals surface area contributed by atoms with Gasteiger partial charge >= 0.3 is 0 Å². The number of rotatable bonds is 12. The van der Waals surface area contributed by atoms with Crippen LogP contribution in [-0.4, -0.2) is 23.5 Å². The van der Waals surface area contributed by atoms with Crippen molar-refractivity contribution in [3.05, 3.63) is 0 Å². The molecule has 1 aliphatic rings. The minimum Gasteiger partial charge on any atom is -0.298 e. The van der Waals surface area contributed by atoms with Gasteiger partial charge in [-0.05, 0) is 39.3 Å². The molecular weight excluding hydrogens is 230 g/mol. The van der Waals surface area contributed by atoms with E-state index < -0.39 is 0 Å². The average molecular weight is 268 g/mol. The summed E-state index contributed by atoms with van der Waals surface area (Å²) in [6.45, 7) is 9.87. The largest absolute Gasteiger partial charge is 0.298 e. The predicted octanol–water partition coefficient (Wildman–Crippen LogP) is 5.78. The van der Waals surface area contributed by atoms with Gasteiger partial charge in [0.05, 0.1) is 0 Å². The van der Waals surface area contributed by atoms with E-state index in [9.17, 15) is 0 Å². The number of likely N-dealkylation sites (tertiary alicyclic amines) is 1. The summed E-state index contributed by atoms with van der Waals surface area (Å²) < 4.78 is 0. The number of hydrogen-bond donors (Lipinski definition) is 0. The Morgan fingerprint density at radius 1 is 0.737 bits per heavy atom. The van der Waals surface area contributed by atoms with Gasteiger partial charge in [0.1, 0.15) is 0 Å². The summed E-state index contributed by atoms with van der Waals surface area (Å²) in [5.74, 6) is 0. The topological polar surface area (TPSA) is 3.24 Å². The second-order valence-electron chi connectivity index (χ2n) is 6.81. The lowest BCUT2D eigenvalue weighted by atomic mass is 9.84. The molecule has 1 heterocycles. The molecule has 1 aliphatic heterocycles. The van der Waals surface area contributed by atoms with Crippen LogP contribution in [0.25, 0.3) is 0 Å². The Kier molecular flexibility index (Phi) is 8.77. The van der Waals surface area contributed by atoms with Crippen LogP contribution >= 0.6 is 0 Å². The lowest BCUT2D eigenvalue weighted by Gasteiger charge is -2.47. The van der Waals surface area contributed by atoms with Crippen LogP contribution in [0.4, 0.5) is 0 Å². The van der Waals surface area contributed by atoms with Crippen molar-refractivity contribution in [2.24, 2.45) is 0 Å². The van der Waals surface area contributed by atoms with E-state index in [4.69, 9.17) is 0 Å². The standard InChI is InChI=1S/C18H37N/c1-4-6-8-10-12-15-18(3,19-16-13-17-19)14-11-9-7-5-2/h4-17H2,1-3H3. The van der Waals surface area contributed by atoms with Crippen molar-refractivity contribution in [2.75, 3.05) is 13.1 Å². The smallest absolute Gasteiger partial charge is 0.0181 e. The Morgan fingerprint density at radius 2 is 1.21 bits per heavy atom. The molecule has 0 bridgehead atoms. The molecule has 0 amide bonds. The van der Waals surface area contributed by atoms with Crippen LogP contribution in [0.1, 0.15) is 97.8 Å². The summed E-state index contributed by atoms with van der Waals surface area (Å²) in [6, 6.07) is 0. The van der Waals surface area contributed by atoms with E-state index in [1.54, 1.807) is 0 Å². The van der Waals surface area contributed by atoms with Crippen molar-refractivity contribution in [1.82, 2.24) is 4.90 Å². The van der Waals surface area contributed by atoms with E-state index in [1.807, 2.05) is 0 Å². The summed E-state index contributed by atoms with van der Waals surface area (Å²) in [6.07, 6.45) is 17.1. The summed E-state index contributed by atoms with van der Waals surface area (Å²) in [5, 5.41) is 0. The number of nitrogens with zero attached hydrogens (tertiary/aromatic N) is 1. The zero-order valence-corrected chi connectivity index (χ0v) is 13.8. The molecule has 0 aromatic rings. The Bertz CT molecular complexity index is 210. The van der Waals surface area contributed by atoms with Crippen LogP contribution in [0.15, 0.2) is 0 Å². The average Bonchev–Trinajstić information content (AvgIpc) is 2.32. The van der Waals surface area contributed by atoms with E-state index in [0.29, 0.717) is 5.54 Å². The van der Waals surface area contributed by atoms with Gasteiger partial charge < -0.3 is 0 Å². The van der Waals surface area contributed by atoms with Gasteiger partial charge in [-0.3, -0.25) is 4.90 Å². The van der Waals surface area contributed by atoms with Crippen LogP contribution in [0.3, 0.4) is 0 Å². The quantitative estimate of drug-likeness (QED) is 0.405. The molecule has 0 saturated carbocycles. The fourth-order valence-corrected chi connectivity index (χ4v) is 3.34. The number of hydrogen-bond acceptors (Lipinski definition) is 1. The molecule has 1 saturated heterocycles. The molecule has 1 rings (SSSR count). The third kappa shape index (κ3) is 6.29. The Morgan fingerprint density at radius 3 is 1.63 bits per heavy atom. The zero-order valence-electron chi connectivity index (χ0n) is 13.8. The third-order valence-electron chi connectivity index (χ3n) is 5.01. The van der Waals surface area contributed by atoms with E-state index >= 15 is 0 Å². The normalized spacial score (nSPS) is 19.1. The van der Waals surface area contributed by atoms with Gasteiger partial charge in [0.2, 0.25) is 0 Å². The molecule has 1 fully saturated rings. The van der Waals surface area contributed by atoms with Gasteiger partial charge in [0.15, 0.2) is 0 Å². The molecule has 0 aromatic carbocycles. The molecule has 0 aromatic heterocycles.